The van der Waals surface area contributed by atoms with Crippen LogP contribution in [0.4, 0.5) is 0 Å². The van der Waals surface area contributed by atoms with E-state index in [1.807, 2.05) is 0 Å². The highest BCUT2D eigenvalue weighted by Crippen LogP contribution is 2.26. The van der Waals surface area contributed by atoms with Crippen molar-refractivity contribution in [2.45, 2.75) is 0 Å². The second-order valence-corrected chi connectivity index (χ2v) is 5.52. The van der Waals surface area contributed by atoms with E-state index in [0.717, 1.165) is 6.26 Å². The lowest BCUT2D eigenvalue weighted by molar-refractivity contribution is 0.320. The topological polar surface area (TPSA) is 66.7 Å². The van der Waals surface area contributed by atoms with E-state index >= 15 is 0 Å². The van der Waals surface area contributed by atoms with E-state index in [0.29, 0.717) is 0 Å². The van der Waals surface area contributed by atoms with E-state index in [1.54, 1.807) is 6.07 Å². The molecule has 4 nitrogen and oxygen atoms in total. The monoisotopic (exact) mass is 267 g/mol. The molecule has 1 N–H and O–H groups in total. The Balaban J connectivity index is 3.52. The van der Waals surface area contributed by atoms with E-state index in [1.165, 1.54) is 12.1 Å². The highest BCUT2D eigenvalue weighted by molar-refractivity contribution is 8.06. The van der Waals surface area contributed by atoms with Crippen molar-refractivity contribution in [2.75, 3.05) is 6.26 Å². The lowest BCUT2D eigenvalue weighted by Gasteiger charge is -2.06. The molecule has 0 amide bonds. The molecule has 0 aliphatic rings. The van der Waals surface area contributed by atoms with Gasteiger partial charge in [-0.2, -0.15) is 0 Å². The lowest BCUT2D eigenvalue weighted by atomic mass is 10.2. The van der Waals surface area contributed by atoms with Gasteiger partial charge >= 0.3 is 0 Å². The molecule has 0 aliphatic carbocycles. The Morgan fingerprint density at radius 2 is 1.80 bits per heavy atom. The quantitative estimate of drug-likeness (QED) is 0.367. The third-order valence-corrected chi connectivity index (χ3v) is 3.24. The molecule has 15 heavy (non-hydrogen) atoms. The Hall–Kier alpha value is -0.780. The van der Waals surface area contributed by atoms with Crippen molar-refractivity contribution >= 4 is 38.1 Å². The zero-order valence-electron chi connectivity index (χ0n) is 7.61. The molecule has 0 aromatic heterocycles. The second kappa shape index (κ2) is 4.38. The first-order valence-corrected chi connectivity index (χ1v) is 6.39. The van der Waals surface area contributed by atoms with Gasteiger partial charge in [0.15, 0.2) is 9.84 Å². The van der Waals surface area contributed by atoms with Crippen LogP contribution in [0.25, 0.3) is 0 Å². The van der Waals surface area contributed by atoms with Crippen molar-refractivity contribution in [3.05, 3.63) is 33.8 Å². The Morgan fingerprint density at radius 1 is 1.33 bits per heavy atom. The van der Waals surface area contributed by atoms with Crippen molar-refractivity contribution in [1.82, 2.24) is 0 Å². The average Bonchev–Trinajstić information content (AvgIpc) is 2.09. The standard InChI is InChI=1S/C8H7Cl2NO3S/c1-15(13,14)8(11-12)7-5(9)3-2-4-6(7)10/h2-4,12H,1H3. The predicted molar refractivity (Wildman–Crippen MR) is 59.6 cm³/mol. The van der Waals surface area contributed by atoms with Gasteiger partial charge in [0.2, 0.25) is 5.04 Å². The van der Waals surface area contributed by atoms with Crippen LogP contribution in [0.5, 0.6) is 0 Å². The van der Waals surface area contributed by atoms with E-state index < -0.39 is 14.9 Å². The van der Waals surface area contributed by atoms with Crippen LogP contribution in [-0.4, -0.2) is 24.9 Å². The van der Waals surface area contributed by atoms with Gasteiger partial charge in [-0.25, -0.2) is 8.42 Å². The van der Waals surface area contributed by atoms with E-state index in [-0.39, 0.29) is 15.6 Å². The molecule has 1 aromatic rings. The van der Waals surface area contributed by atoms with Crippen LogP contribution < -0.4 is 0 Å². The van der Waals surface area contributed by atoms with Crippen LogP contribution in [0, 0.1) is 0 Å². The maximum atomic E-state index is 11.3. The van der Waals surface area contributed by atoms with Gasteiger partial charge in [0, 0.05) is 6.26 Å². The van der Waals surface area contributed by atoms with Crippen molar-refractivity contribution < 1.29 is 13.6 Å². The van der Waals surface area contributed by atoms with E-state index in [2.05, 4.69) is 5.16 Å². The molecule has 0 fully saturated rings. The predicted octanol–water partition coefficient (Wildman–Crippen LogP) is 2.17. The molecular formula is C8H7Cl2NO3S. The molecule has 0 heterocycles. The number of oxime groups is 1. The first-order chi connectivity index (χ1) is 6.88. The first kappa shape index (κ1) is 12.3. The van der Waals surface area contributed by atoms with Gasteiger partial charge in [-0.1, -0.05) is 34.4 Å². The molecule has 7 heteroatoms. The van der Waals surface area contributed by atoms with Gasteiger partial charge in [-0.3, -0.25) is 0 Å². The Kier molecular flexibility index (Phi) is 3.59. The molecule has 82 valence electrons. The lowest BCUT2D eigenvalue weighted by Crippen LogP contribution is -2.15. The summed E-state index contributed by atoms with van der Waals surface area (Å²) in [5, 5.41) is 11.0. The van der Waals surface area contributed by atoms with Gasteiger partial charge in [-0.15, -0.1) is 0 Å². The normalized spacial score (nSPS) is 12.9. The Bertz CT molecular complexity index is 490. The summed E-state index contributed by atoms with van der Waals surface area (Å²) >= 11 is 11.5. The molecule has 0 spiro atoms. The number of halogens is 2. The molecule has 1 rings (SSSR count). The van der Waals surface area contributed by atoms with E-state index in [9.17, 15) is 8.42 Å². The minimum Gasteiger partial charge on any atom is -0.410 e. The third-order valence-electron chi connectivity index (χ3n) is 1.62. The maximum Gasteiger partial charge on any atom is 0.204 e. The van der Waals surface area contributed by atoms with Gasteiger partial charge in [0.1, 0.15) is 0 Å². The van der Waals surface area contributed by atoms with Crippen LogP contribution in [-0.2, 0) is 9.84 Å². The summed E-state index contributed by atoms with van der Waals surface area (Å²) in [5.74, 6) is 0. The zero-order chi connectivity index (χ0) is 11.6. The van der Waals surface area contributed by atoms with E-state index in [4.69, 9.17) is 28.4 Å². The summed E-state index contributed by atoms with van der Waals surface area (Å²) < 4.78 is 22.5. The number of hydrogen-bond acceptors (Lipinski definition) is 4. The molecule has 1 aromatic carbocycles. The summed E-state index contributed by atoms with van der Waals surface area (Å²) in [6, 6.07) is 4.48. The van der Waals surface area contributed by atoms with Gasteiger partial charge in [-0.05, 0) is 12.1 Å². The van der Waals surface area contributed by atoms with Gasteiger partial charge in [0.25, 0.3) is 0 Å². The number of benzene rings is 1. The fourth-order valence-corrected chi connectivity index (χ4v) is 2.44. The summed E-state index contributed by atoms with van der Waals surface area (Å²) in [7, 11) is -3.68. The van der Waals surface area contributed by atoms with Crippen LogP contribution in [0.3, 0.4) is 0 Å². The zero-order valence-corrected chi connectivity index (χ0v) is 9.94. The Labute approximate surface area is 97.0 Å². The van der Waals surface area contributed by atoms with Crippen LogP contribution >= 0.6 is 23.2 Å². The molecule has 0 bridgehead atoms. The SMILES string of the molecule is CS(=O)(=O)C(=NO)c1c(Cl)cccc1Cl. The minimum absolute atomic E-state index is 0.00540. The fraction of sp³-hybridized carbons (Fsp3) is 0.125. The van der Waals surface area contributed by atoms with Gasteiger partial charge in [0.05, 0.1) is 15.6 Å². The largest absolute Gasteiger partial charge is 0.410 e. The second-order valence-electron chi connectivity index (χ2n) is 2.77. The number of hydrogen-bond donors (Lipinski definition) is 1. The Morgan fingerprint density at radius 3 is 2.13 bits per heavy atom. The third kappa shape index (κ3) is 2.62. The molecule has 0 saturated carbocycles. The maximum absolute atomic E-state index is 11.3. The first-order valence-electron chi connectivity index (χ1n) is 3.74. The highest BCUT2D eigenvalue weighted by atomic mass is 35.5. The minimum atomic E-state index is -3.68. The number of nitrogens with zero attached hydrogens (tertiary/aromatic N) is 1. The molecule has 0 aliphatic heterocycles. The van der Waals surface area contributed by atoms with Crippen LogP contribution in [0.15, 0.2) is 23.4 Å². The molecule has 0 atom stereocenters. The van der Waals surface area contributed by atoms with Crippen molar-refractivity contribution in [3.63, 3.8) is 0 Å². The van der Waals surface area contributed by atoms with Crippen molar-refractivity contribution in [2.24, 2.45) is 5.16 Å². The molecule has 0 radical (unpaired) electrons. The summed E-state index contributed by atoms with van der Waals surface area (Å²) in [6.45, 7) is 0. The van der Waals surface area contributed by atoms with Crippen molar-refractivity contribution in [3.8, 4) is 0 Å². The smallest absolute Gasteiger partial charge is 0.204 e. The number of rotatable bonds is 1. The summed E-state index contributed by atoms with van der Waals surface area (Å²) in [5.41, 5.74) is 0.00540. The summed E-state index contributed by atoms with van der Waals surface area (Å²) in [6.07, 6.45) is 0.904. The average molecular weight is 268 g/mol. The van der Waals surface area contributed by atoms with Crippen LogP contribution in [0.1, 0.15) is 5.56 Å². The highest BCUT2D eigenvalue weighted by Gasteiger charge is 2.22. The molecule has 0 saturated heterocycles. The van der Waals surface area contributed by atoms with Crippen LogP contribution in [0.2, 0.25) is 10.0 Å². The fourth-order valence-electron chi connectivity index (χ4n) is 1.01. The molecule has 0 unspecified atom stereocenters. The number of sulfone groups is 1. The summed E-state index contributed by atoms with van der Waals surface area (Å²) in [4.78, 5) is 0. The van der Waals surface area contributed by atoms with Gasteiger partial charge < -0.3 is 5.21 Å². The molecular weight excluding hydrogens is 261 g/mol. The van der Waals surface area contributed by atoms with Crippen molar-refractivity contribution in [1.29, 1.82) is 0 Å².